The molecule has 0 fully saturated rings. The molecular formula is C15H22N2O2S. The summed E-state index contributed by atoms with van der Waals surface area (Å²) in [7, 11) is 1.67. The Morgan fingerprint density at radius 2 is 2.30 bits per heavy atom. The zero-order valence-electron chi connectivity index (χ0n) is 12.3. The van der Waals surface area contributed by atoms with Crippen LogP contribution in [0, 0.1) is 5.92 Å². The Morgan fingerprint density at radius 1 is 1.45 bits per heavy atom. The molecule has 0 aliphatic rings. The van der Waals surface area contributed by atoms with Crippen molar-refractivity contribution in [3.05, 3.63) is 23.5 Å². The topological polar surface area (TPSA) is 47.3 Å². The first kappa shape index (κ1) is 15.1. The fraction of sp³-hybridized carbons (Fsp3) is 0.533. The predicted molar refractivity (Wildman–Crippen MR) is 82.4 cm³/mol. The SMILES string of the molecule is COc1ccsc1-c1cnc(CCCNCC(C)C)o1. The van der Waals surface area contributed by atoms with Gasteiger partial charge in [-0.1, -0.05) is 13.8 Å². The third-order valence-corrected chi connectivity index (χ3v) is 3.83. The number of thiophene rings is 1. The van der Waals surface area contributed by atoms with Crippen LogP contribution in [-0.2, 0) is 6.42 Å². The van der Waals surface area contributed by atoms with Gasteiger partial charge in [0.05, 0.1) is 13.3 Å². The highest BCUT2D eigenvalue weighted by molar-refractivity contribution is 7.13. The van der Waals surface area contributed by atoms with E-state index in [1.54, 1.807) is 24.6 Å². The number of nitrogens with zero attached hydrogens (tertiary/aromatic N) is 1. The molecule has 5 heteroatoms. The van der Waals surface area contributed by atoms with Crippen molar-refractivity contribution in [2.24, 2.45) is 5.92 Å². The molecular weight excluding hydrogens is 272 g/mol. The van der Waals surface area contributed by atoms with Gasteiger partial charge in [-0.15, -0.1) is 11.3 Å². The summed E-state index contributed by atoms with van der Waals surface area (Å²) in [6, 6.07) is 1.94. The molecule has 1 N–H and O–H groups in total. The molecule has 20 heavy (non-hydrogen) atoms. The van der Waals surface area contributed by atoms with Gasteiger partial charge >= 0.3 is 0 Å². The molecule has 2 heterocycles. The highest BCUT2D eigenvalue weighted by atomic mass is 32.1. The van der Waals surface area contributed by atoms with Gasteiger partial charge in [0.1, 0.15) is 10.6 Å². The smallest absolute Gasteiger partial charge is 0.194 e. The summed E-state index contributed by atoms with van der Waals surface area (Å²) >= 11 is 1.60. The molecule has 2 rings (SSSR count). The number of oxazole rings is 1. The third kappa shape index (κ3) is 4.08. The number of aryl methyl sites for hydroxylation is 1. The van der Waals surface area contributed by atoms with Crippen molar-refractivity contribution in [2.45, 2.75) is 26.7 Å². The van der Waals surface area contributed by atoms with E-state index in [4.69, 9.17) is 9.15 Å². The highest BCUT2D eigenvalue weighted by Crippen LogP contribution is 2.35. The minimum Gasteiger partial charge on any atom is -0.495 e. The molecule has 0 aromatic carbocycles. The van der Waals surface area contributed by atoms with Gasteiger partial charge in [-0.3, -0.25) is 0 Å². The molecule has 0 saturated carbocycles. The van der Waals surface area contributed by atoms with Crippen LogP contribution < -0.4 is 10.1 Å². The molecule has 110 valence electrons. The minimum atomic E-state index is 0.689. The summed E-state index contributed by atoms with van der Waals surface area (Å²) in [4.78, 5) is 5.34. The number of nitrogens with one attached hydrogen (secondary N) is 1. The summed E-state index contributed by atoms with van der Waals surface area (Å²) in [6.07, 6.45) is 3.68. The maximum Gasteiger partial charge on any atom is 0.194 e. The van der Waals surface area contributed by atoms with Crippen LogP contribution in [0.3, 0.4) is 0 Å². The molecule has 0 spiro atoms. The zero-order chi connectivity index (χ0) is 14.4. The van der Waals surface area contributed by atoms with Gasteiger partial charge in [0.15, 0.2) is 11.7 Å². The van der Waals surface area contributed by atoms with Crippen LogP contribution in [0.2, 0.25) is 0 Å². The van der Waals surface area contributed by atoms with E-state index in [0.717, 1.165) is 48.2 Å². The second-order valence-electron chi connectivity index (χ2n) is 5.14. The Morgan fingerprint density at radius 3 is 3.05 bits per heavy atom. The Hall–Kier alpha value is -1.33. The predicted octanol–water partition coefficient (Wildman–Crippen LogP) is 3.59. The van der Waals surface area contributed by atoms with Crippen molar-refractivity contribution in [1.29, 1.82) is 0 Å². The lowest BCUT2D eigenvalue weighted by Crippen LogP contribution is -2.21. The Labute approximate surface area is 124 Å². The summed E-state index contributed by atoms with van der Waals surface area (Å²) < 4.78 is 11.1. The van der Waals surface area contributed by atoms with Crippen LogP contribution in [0.25, 0.3) is 10.6 Å². The number of rotatable bonds is 8. The number of hydrogen-bond donors (Lipinski definition) is 1. The summed E-state index contributed by atoms with van der Waals surface area (Å²) in [5.41, 5.74) is 0. The van der Waals surface area contributed by atoms with Crippen LogP contribution in [-0.4, -0.2) is 25.2 Å². The van der Waals surface area contributed by atoms with Gasteiger partial charge in [-0.2, -0.15) is 0 Å². The first-order valence-electron chi connectivity index (χ1n) is 6.98. The van der Waals surface area contributed by atoms with Crippen molar-refractivity contribution in [1.82, 2.24) is 10.3 Å². The van der Waals surface area contributed by atoms with E-state index < -0.39 is 0 Å². The van der Waals surface area contributed by atoms with Crippen molar-refractivity contribution in [3.8, 4) is 16.4 Å². The van der Waals surface area contributed by atoms with E-state index >= 15 is 0 Å². The van der Waals surface area contributed by atoms with Crippen molar-refractivity contribution < 1.29 is 9.15 Å². The van der Waals surface area contributed by atoms with Crippen molar-refractivity contribution >= 4 is 11.3 Å². The summed E-state index contributed by atoms with van der Waals surface area (Å²) in [5.74, 6) is 3.12. The van der Waals surface area contributed by atoms with E-state index in [-0.39, 0.29) is 0 Å². The van der Waals surface area contributed by atoms with E-state index in [0.29, 0.717) is 5.92 Å². The molecule has 0 radical (unpaired) electrons. The molecule has 2 aromatic heterocycles. The summed E-state index contributed by atoms with van der Waals surface area (Å²) in [6.45, 7) is 6.48. The van der Waals surface area contributed by atoms with Crippen LogP contribution in [0.4, 0.5) is 0 Å². The highest BCUT2D eigenvalue weighted by Gasteiger charge is 2.12. The lowest BCUT2D eigenvalue weighted by Gasteiger charge is -2.05. The van der Waals surface area contributed by atoms with E-state index in [2.05, 4.69) is 24.1 Å². The molecule has 0 atom stereocenters. The number of aromatic nitrogens is 1. The quantitative estimate of drug-likeness (QED) is 0.756. The fourth-order valence-corrected chi connectivity index (χ4v) is 2.73. The Balaban J connectivity index is 1.83. The van der Waals surface area contributed by atoms with E-state index in [1.807, 2.05) is 11.4 Å². The van der Waals surface area contributed by atoms with Gasteiger partial charge in [-0.05, 0) is 36.9 Å². The molecule has 0 bridgehead atoms. The second kappa shape index (κ2) is 7.45. The number of ether oxygens (including phenoxy) is 1. The first-order valence-corrected chi connectivity index (χ1v) is 7.86. The Kier molecular flexibility index (Phi) is 5.61. The van der Waals surface area contributed by atoms with Crippen LogP contribution in [0.1, 0.15) is 26.2 Å². The second-order valence-corrected chi connectivity index (χ2v) is 6.05. The fourth-order valence-electron chi connectivity index (χ4n) is 1.92. The average Bonchev–Trinajstić information content (AvgIpc) is 3.05. The molecule has 0 unspecified atom stereocenters. The van der Waals surface area contributed by atoms with Gasteiger partial charge in [0, 0.05) is 6.42 Å². The number of hydrogen-bond acceptors (Lipinski definition) is 5. The molecule has 2 aromatic rings. The summed E-state index contributed by atoms with van der Waals surface area (Å²) in [5, 5.41) is 5.41. The van der Waals surface area contributed by atoms with Crippen LogP contribution in [0.15, 0.2) is 22.1 Å². The van der Waals surface area contributed by atoms with Gasteiger partial charge in [-0.25, -0.2) is 4.98 Å². The molecule has 0 aliphatic carbocycles. The number of methoxy groups -OCH3 is 1. The standard InChI is InChI=1S/C15H22N2O2S/c1-11(2)9-16-7-4-5-14-17-10-13(19-14)15-12(18-3)6-8-20-15/h6,8,10-11,16H,4-5,7,9H2,1-3H3. The van der Waals surface area contributed by atoms with E-state index in [9.17, 15) is 0 Å². The van der Waals surface area contributed by atoms with Crippen molar-refractivity contribution in [3.63, 3.8) is 0 Å². The maximum atomic E-state index is 5.79. The molecule has 0 aliphatic heterocycles. The van der Waals surface area contributed by atoms with Crippen LogP contribution in [0.5, 0.6) is 5.75 Å². The minimum absolute atomic E-state index is 0.689. The average molecular weight is 294 g/mol. The van der Waals surface area contributed by atoms with Crippen LogP contribution >= 0.6 is 11.3 Å². The van der Waals surface area contributed by atoms with Gasteiger partial charge in [0.25, 0.3) is 0 Å². The van der Waals surface area contributed by atoms with Crippen molar-refractivity contribution in [2.75, 3.05) is 20.2 Å². The maximum absolute atomic E-state index is 5.79. The lowest BCUT2D eigenvalue weighted by atomic mass is 10.2. The monoisotopic (exact) mass is 294 g/mol. The van der Waals surface area contributed by atoms with E-state index in [1.165, 1.54) is 0 Å². The normalized spacial score (nSPS) is 11.2. The largest absolute Gasteiger partial charge is 0.495 e. The van der Waals surface area contributed by atoms with Gasteiger partial charge in [0.2, 0.25) is 0 Å². The molecule has 0 amide bonds. The lowest BCUT2D eigenvalue weighted by molar-refractivity contribution is 0.415. The first-order chi connectivity index (χ1) is 9.70. The molecule has 4 nitrogen and oxygen atoms in total. The molecule has 0 saturated heterocycles. The Bertz CT molecular complexity index is 519. The third-order valence-electron chi connectivity index (χ3n) is 2.92. The zero-order valence-corrected chi connectivity index (χ0v) is 13.1. The van der Waals surface area contributed by atoms with Gasteiger partial charge < -0.3 is 14.5 Å².